The van der Waals surface area contributed by atoms with E-state index >= 15 is 0 Å². The quantitative estimate of drug-likeness (QED) is 0.623. The molecular weight excluding hydrogens is 176 g/mol. The van der Waals surface area contributed by atoms with Crippen LogP contribution in [0, 0.1) is 11.8 Å². The van der Waals surface area contributed by atoms with Gasteiger partial charge in [-0.05, 0) is 24.7 Å². The van der Waals surface area contributed by atoms with Gasteiger partial charge in [-0.25, -0.2) is 0 Å². The minimum atomic E-state index is 0.00347. The van der Waals surface area contributed by atoms with Gasteiger partial charge in [0.05, 0.1) is 10.2 Å². The maximum Gasteiger partial charge on any atom is 0.0899 e. The van der Waals surface area contributed by atoms with E-state index in [0.29, 0.717) is 0 Å². The molecule has 0 aromatic heterocycles. The summed E-state index contributed by atoms with van der Waals surface area (Å²) in [5, 5.41) is 9.84. The van der Waals surface area contributed by atoms with Crippen molar-refractivity contribution < 1.29 is 5.11 Å². The lowest BCUT2D eigenvalue weighted by atomic mass is 10.2. The van der Waals surface area contributed by atoms with Gasteiger partial charge in [0.1, 0.15) is 0 Å². The summed E-state index contributed by atoms with van der Waals surface area (Å²) in [5.74, 6) is 4.27. The number of thioether (sulfide) groups is 2. The second kappa shape index (κ2) is 2.12. The molecule has 3 aliphatic rings. The zero-order valence-electron chi connectivity index (χ0n) is 6.32. The van der Waals surface area contributed by atoms with Gasteiger partial charge < -0.3 is 5.11 Å². The second-order valence-electron chi connectivity index (χ2n) is 3.77. The smallest absolute Gasteiger partial charge is 0.0899 e. The summed E-state index contributed by atoms with van der Waals surface area (Å²) in [6.07, 6.45) is 2.49. The molecule has 62 valence electrons. The molecule has 2 unspecified atom stereocenters. The van der Waals surface area contributed by atoms with E-state index in [1.165, 1.54) is 17.9 Å². The Morgan fingerprint density at radius 1 is 1.18 bits per heavy atom. The van der Waals surface area contributed by atoms with Crippen LogP contribution in [-0.4, -0.2) is 26.8 Å². The summed E-state index contributed by atoms with van der Waals surface area (Å²) in [6, 6.07) is 0. The number of rotatable bonds is 0. The topological polar surface area (TPSA) is 20.2 Å². The first-order valence-corrected chi connectivity index (χ1v) is 6.26. The zero-order chi connectivity index (χ0) is 7.47. The van der Waals surface area contributed by atoms with E-state index in [2.05, 4.69) is 0 Å². The fraction of sp³-hybridized carbons (Fsp3) is 1.00. The van der Waals surface area contributed by atoms with E-state index in [1.807, 2.05) is 23.5 Å². The highest BCUT2D eigenvalue weighted by molar-refractivity contribution is 8.21. The van der Waals surface area contributed by atoms with E-state index in [9.17, 15) is 5.11 Å². The van der Waals surface area contributed by atoms with Gasteiger partial charge in [0.2, 0.25) is 0 Å². The first-order chi connectivity index (χ1) is 5.33. The SMILES string of the molecule is OC1CC2C[C@H]2C12SCCS2. The van der Waals surface area contributed by atoms with E-state index in [-0.39, 0.29) is 10.2 Å². The van der Waals surface area contributed by atoms with E-state index < -0.39 is 0 Å². The largest absolute Gasteiger partial charge is 0.391 e. The molecule has 2 saturated carbocycles. The highest BCUT2D eigenvalue weighted by Gasteiger charge is 2.64. The Labute approximate surface area is 75.3 Å². The molecule has 1 spiro atoms. The molecule has 0 bridgehead atoms. The molecule has 3 atom stereocenters. The van der Waals surface area contributed by atoms with Crippen LogP contribution in [0.5, 0.6) is 0 Å². The highest BCUT2D eigenvalue weighted by atomic mass is 32.2. The van der Waals surface area contributed by atoms with Crippen molar-refractivity contribution >= 4 is 23.5 Å². The molecule has 3 rings (SSSR count). The fourth-order valence-electron chi connectivity index (χ4n) is 2.55. The summed E-state index contributed by atoms with van der Waals surface area (Å²) in [7, 11) is 0. The lowest BCUT2D eigenvalue weighted by Crippen LogP contribution is -2.31. The average molecular weight is 188 g/mol. The summed E-state index contributed by atoms with van der Waals surface area (Å²) < 4.78 is 0.269. The van der Waals surface area contributed by atoms with Crippen molar-refractivity contribution in [2.45, 2.75) is 23.0 Å². The molecule has 0 amide bonds. The molecule has 1 saturated heterocycles. The van der Waals surface area contributed by atoms with Crippen LogP contribution >= 0.6 is 23.5 Å². The average Bonchev–Trinajstić information content (AvgIpc) is 2.55. The van der Waals surface area contributed by atoms with E-state index in [0.717, 1.165) is 18.3 Å². The van der Waals surface area contributed by atoms with Gasteiger partial charge in [-0.2, -0.15) is 0 Å². The Kier molecular flexibility index (Phi) is 1.37. The Balaban J connectivity index is 1.92. The van der Waals surface area contributed by atoms with Crippen molar-refractivity contribution in [1.82, 2.24) is 0 Å². The normalized spacial score (nSPS) is 51.5. The maximum atomic E-state index is 9.84. The standard InChI is InChI=1S/C8H12OS2/c9-7-4-5-3-6(5)8(7)10-1-2-11-8/h5-7,9H,1-4H2/t5?,6-,7?/m1/s1. The Morgan fingerprint density at radius 2 is 1.91 bits per heavy atom. The summed E-state index contributed by atoms with van der Waals surface area (Å²) in [6.45, 7) is 0. The zero-order valence-corrected chi connectivity index (χ0v) is 7.96. The van der Waals surface area contributed by atoms with Gasteiger partial charge in [0.15, 0.2) is 0 Å². The maximum absolute atomic E-state index is 9.84. The van der Waals surface area contributed by atoms with Gasteiger partial charge in [0, 0.05) is 11.5 Å². The molecular formula is C8H12OS2. The summed E-state index contributed by atoms with van der Waals surface area (Å²) in [5.41, 5.74) is 0. The van der Waals surface area contributed by atoms with Gasteiger partial charge in [-0.3, -0.25) is 0 Å². The first kappa shape index (κ1) is 7.10. The Morgan fingerprint density at radius 3 is 2.45 bits per heavy atom. The van der Waals surface area contributed by atoms with Crippen LogP contribution in [0.3, 0.4) is 0 Å². The molecule has 0 aromatic carbocycles. The first-order valence-electron chi connectivity index (χ1n) is 4.29. The van der Waals surface area contributed by atoms with Crippen LogP contribution < -0.4 is 0 Å². The number of hydrogen-bond donors (Lipinski definition) is 1. The molecule has 11 heavy (non-hydrogen) atoms. The Hall–Kier alpha value is 0.660. The van der Waals surface area contributed by atoms with Crippen LogP contribution in [0.2, 0.25) is 0 Å². The minimum Gasteiger partial charge on any atom is -0.391 e. The molecule has 3 fully saturated rings. The molecule has 1 aliphatic heterocycles. The lowest BCUT2D eigenvalue weighted by molar-refractivity contribution is 0.164. The van der Waals surface area contributed by atoms with Crippen LogP contribution in [0.4, 0.5) is 0 Å². The fourth-order valence-corrected chi connectivity index (χ4v) is 6.27. The van der Waals surface area contributed by atoms with Crippen molar-refractivity contribution in [3.8, 4) is 0 Å². The summed E-state index contributed by atoms with van der Waals surface area (Å²) in [4.78, 5) is 0. The Bertz CT molecular complexity index is 185. The monoisotopic (exact) mass is 188 g/mol. The van der Waals surface area contributed by atoms with Crippen molar-refractivity contribution in [3.05, 3.63) is 0 Å². The molecule has 1 heterocycles. The number of aliphatic hydroxyl groups excluding tert-OH is 1. The second-order valence-corrected chi connectivity index (χ2v) is 6.78. The molecule has 1 N–H and O–H groups in total. The number of fused-ring (bicyclic) bond motifs is 2. The predicted molar refractivity (Wildman–Crippen MR) is 49.9 cm³/mol. The molecule has 0 radical (unpaired) electrons. The van der Waals surface area contributed by atoms with Crippen LogP contribution in [0.15, 0.2) is 0 Å². The molecule has 0 aromatic rings. The van der Waals surface area contributed by atoms with Crippen molar-refractivity contribution in [3.63, 3.8) is 0 Å². The lowest BCUT2D eigenvalue weighted by Gasteiger charge is -2.28. The number of aliphatic hydroxyl groups is 1. The molecule has 1 nitrogen and oxygen atoms in total. The molecule has 3 heteroatoms. The van der Waals surface area contributed by atoms with E-state index in [1.54, 1.807) is 0 Å². The minimum absolute atomic E-state index is 0.00347. The highest BCUT2D eigenvalue weighted by Crippen LogP contribution is 2.69. The van der Waals surface area contributed by atoms with E-state index in [4.69, 9.17) is 0 Å². The van der Waals surface area contributed by atoms with Crippen molar-refractivity contribution in [2.75, 3.05) is 11.5 Å². The van der Waals surface area contributed by atoms with Gasteiger partial charge in [-0.1, -0.05) is 0 Å². The van der Waals surface area contributed by atoms with Crippen LogP contribution in [-0.2, 0) is 0 Å². The predicted octanol–water partition coefficient (Wildman–Crippen LogP) is 1.56. The van der Waals surface area contributed by atoms with Crippen LogP contribution in [0.1, 0.15) is 12.8 Å². The van der Waals surface area contributed by atoms with Gasteiger partial charge in [0.25, 0.3) is 0 Å². The molecule has 2 aliphatic carbocycles. The third-order valence-electron chi connectivity index (χ3n) is 3.17. The summed E-state index contributed by atoms with van der Waals surface area (Å²) >= 11 is 4.05. The van der Waals surface area contributed by atoms with Crippen molar-refractivity contribution in [2.24, 2.45) is 11.8 Å². The van der Waals surface area contributed by atoms with Gasteiger partial charge >= 0.3 is 0 Å². The van der Waals surface area contributed by atoms with Crippen LogP contribution in [0.25, 0.3) is 0 Å². The van der Waals surface area contributed by atoms with Gasteiger partial charge in [-0.15, -0.1) is 23.5 Å². The number of hydrogen-bond acceptors (Lipinski definition) is 3. The third kappa shape index (κ3) is 0.798. The third-order valence-corrected chi connectivity index (χ3v) is 7.00. The van der Waals surface area contributed by atoms with Crippen molar-refractivity contribution in [1.29, 1.82) is 0 Å².